The molecule has 2 rings (SSSR count). The molecular formula is C12H21N3O2S2. The summed E-state index contributed by atoms with van der Waals surface area (Å²) in [7, 11) is -3.33. The van der Waals surface area contributed by atoms with Crippen LogP contribution in [0.5, 0.6) is 0 Å². The van der Waals surface area contributed by atoms with Crippen LogP contribution in [0, 0.1) is 5.41 Å². The molecule has 0 atom stereocenters. The fourth-order valence-electron chi connectivity index (χ4n) is 2.81. The van der Waals surface area contributed by atoms with Crippen molar-refractivity contribution in [1.82, 2.24) is 4.37 Å². The molecule has 0 amide bonds. The third kappa shape index (κ3) is 3.02. The van der Waals surface area contributed by atoms with Crippen molar-refractivity contribution in [3.05, 3.63) is 0 Å². The molecule has 3 N–H and O–H groups in total. The second-order valence-electron chi connectivity index (χ2n) is 5.41. The average Bonchev–Trinajstić information content (AvgIpc) is 2.93. The van der Waals surface area contributed by atoms with E-state index in [1.165, 1.54) is 31.9 Å². The predicted octanol–water partition coefficient (Wildman–Crippen LogP) is 2.51. The Morgan fingerprint density at radius 2 is 2.05 bits per heavy atom. The summed E-state index contributed by atoms with van der Waals surface area (Å²) in [5, 5.41) is 3.85. The first-order valence-electron chi connectivity index (χ1n) is 6.57. The van der Waals surface area contributed by atoms with E-state index in [0.717, 1.165) is 24.5 Å². The van der Waals surface area contributed by atoms with Gasteiger partial charge in [0.05, 0.1) is 0 Å². The lowest BCUT2D eigenvalue weighted by Crippen LogP contribution is -2.26. The van der Waals surface area contributed by atoms with E-state index in [1.54, 1.807) is 0 Å². The largest absolute Gasteiger partial charge is 0.382 e. The van der Waals surface area contributed by atoms with E-state index < -0.39 is 9.84 Å². The minimum Gasteiger partial charge on any atom is -0.382 e. The van der Waals surface area contributed by atoms with Crippen LogP contribution in [0.4, 0.5) is 10.8 Å². The molecule has 0 saturated heterocycles. The van der Waals surface area contributed by atoms with Gasteiger partial charge >= 0.3 is 0 Å². The first-order chi connectivity index (χ1) is 8.88. The fourth-order valence-corrected chi connectivity index (χ4v) is 4.88. The number of sulfone groups is 1. The average molecular weight is 303 g/mol. The van der Waals surface area contributed by atoms with Gasteiger partial charge in [-0.1, -0.05) is 19.8 Å². The molecule has 0 unspecified atom stereocenters. The van der Waals surface area contributed by atoms with E-state index in [2.05, 4.69) is 16.6 Å². The summed E-state index contributed by atoms with van der Waals surface area (Å²) in [4.78, 5) is 0.154. The van der Waals surface area contributed by atoms with Crippen LogP contribution < -0.4 is 11.1 Å². The molecule has 1 aromatic heterocycles. The summed E-state index contributed by atoms with van der Waals surface area (Å²) >= 11 is 1.13. The molecule has 0 aliphatic heterocycles. The molecule has 0 spiro atoms. The standard InChI is InChI=1S/C12H21N3O2S2/c1-3-12(6-4-5-7-12)8-14-11-9(19(2,16)17)10(13)15-18-11/h14H,3-8H2,1-2H3,(H2,13,15). The summed E-state index contributed by atoms with van der Waals surface area (Å²) in [5.41, 5.74) is 5.96. The van der Waals surface area contributed by atoms with E-state index in [9.17, 15) is 8.42 Å². The van der Waals surface area contributed by atoms with Gasteiger partial charge in [0.15, 0.2) is 15.7 Å². The van der Waals surface area contributed by atoms with Crippen molar-refractivity contribution in [1.29, 1.82) is 0 Å². The van der Waals surface area contributed by atoms with Crippen molar-refractivity contribution < 1.29 is 8.42 Å². The summed E-state index contributed by atoms with van der Waals surface area (Å²) < 4.78 is 27.4. The van der Waals surface area contributed by atoms with Gasteiger partial charge in [-0.2, -0.15) is 4.37 Å². The van der Waals surface area contributed by atoms with E-state index >= 15 is 0 Å². The van der Waals surface area contributed by atoms with Crippen molar-refractivity contribution >= 4 is 32.2 Å². The van der Waals surface area contributed by atoms with Crippen LogP contribution in [0.2, 0.25) is 0 Å². The van der Waals surface area contributed by atoms with E-state index in [4.69, 9.17) is 5.73 Å². The fraction of sp³-hybridized carbons (Fsp3) is 0.750. The molecule has 1 fully saturated rings. The van der Waals surface area contributed by atoms with Crippen LogP contribution in [-0.4, -0.2) is 25.6 Å². The zero-order valence-electron chi connectivity index (χ0n) is 11.4. The molecular weight excluding hydrogens is 282 g/mol. The maximum atomic E-state index is 11.7. The van der Waals surface area contributed by atoms with Crippen LogP contribution in [-0.2, 0) is 9.84 Å². The highest BCUT2D eigenvalue weighted by molar-refractivity contribution is 7.91. The Bertz CT molecular complexity index is 545. The predicted molar refractivity (Wildman–Crippen MR) is 79.3 cm³/mol. The molecule has 1 heterocycles. The maximum Gasteiger partial charge on any atom is 0.182 e. The van der Waals surface area contributed by atoms with Gasteiger partial charge < -0.3 is 11.1 Å². The normalized spacial score (nSPS) is 18.6. The lowest BCUT2D eigenvalue weighted by molar-refractivity contribution is 0.307. The second-order valence-corrected chi connectivity index (χ2v) is 8.14. The number of nitrogen functional groups attached to an aromatic ring is 1. The molecule has 108 valence electrons. The summed E-state index contributed by atoms with van der Waals surface area (Å²) in [6.45, 7) is 3.00. The van der Waals surface area contributed by atoms with Crippen LogP contribution in [0.1, 0.15) is 39.0 Å². The van der Waals surface area contributed by atoms with Crippen molar-refractivity contribution in [2.45, 2.75) is 43.9 Å². The molecule has 0 aromatic carbocycles. The van der Waals surface area contributed by atoms with Gasteiger partial charge in [-0.15, -0.1) is 0 Å². The van der Waals surface area contributed by atoms with Crippen LogP contribution in [0.3, 0.4) is 0 Å². The zero-order valence-corrected chi connectivity index (χ0v) is 13.0. The summed E-state index contributed by atoms with van der Waals surface area (Å²) in [6.07, 6.45) is 7.22. The molecule has 0 radical (unpaired) electrons. The molecule has 1 aromatic rings. The highest BCUT2D eigenvalue weighted by Gasteiger charge is 2.32. The number of anilines is 2. The molecule has 5 nitrogen and oxygen atoms in total. The van der Waals surface area contributed by atoms with Gasteiger partial charge in [-0.3, -0.25) is 0 Å². The Morgan fingerprint density at radius 3 is 2.58 bits per heavy atom. The maximum absolute atomic E-state index is 11.7. The minimum absolute atomic E-state index is 0.104. The van der Waals surface area contributed by atoms with Crippen molar-refractivity contribution in [3.63, 3.8) is 0 Å². The Kier molecular flexibility index (Phi) is 4.06. The molecule has 7 heteroatoms. The topological polar surface area (TPSA) is 85.1 Å². The van der Waals surface area contributed by atoms with Crippen LogP contribution in [0.15, 0.2) is 4.90 Å². The van der Waals surface area contributed by atoms with Gasteiger partial charge in [0.25, 0.3) is 0 Å². The Labute approximate surface area is 118 Å². The third-order valence-corrected chi connectivity index (χ3v) is 6.19. The molecule has 19 heavy (non-hydrogen) atoms. The number of nitrogens with two attached hydrogens (primary N) is 1. The molecule has 0 bridgehead atoms. The number of hydrogen-bond acceptors (Lipinski definition) is 6. The quantitative estimate of drug-likeness (QED) is 0.873. The lowest BCUT2D eigenvalue weighted by atomic mass is 9.83. The number of nitrogens with one attached hydrogen (secondary N) is 1. The Hall–Kier alpha value is -0.820. The number of rotatable bonds is 5. The highest BCUT2D eigenvalue weighted by Crippen LogP contribution is 2.42. The van der Waals surface area contributed by atoms with Crippen LogP contribution >= 0.6 is 11.5 Å². The van der Waals surface area contributed by atoms with E-state index in [-0.39, 0.29) is 10.7 Å². The number of aromatic nitrogens is 1. The van der Waals surface area contributed by atoms with E-state index in [0.29, 0.717) is 10.4 Å². The van der Waals surface area contributed by atoms with Gasteiger partial charge in [-0.25, -0.2) is 8.42 Å². The summed E-state index contributed by atoms with van der Waals surface area (Å²) in [6, 6.07) is 0. The van der Waals surface area contributed by atoms with Gasteiger partial charge in [0.2, 0.25) is 0 Å². The first kappa shape index (κ1) is 14.6. The van der Waals surface area contributed by atoms with Crippen molar-refractivity contribution in [3.8, 4) is 0 Å². The number of nitrogens with zero attached hydrogens (tertiary/aromatic N) is 1. The molecule has 1 aliphatic rings. The minimum atomic E-state index is -3.33. The monoisotopic (exact) mass is 303 g/mol. The van der Waals surface area contributed by atoms with Crippen molar-refractivity contribution in [2.24, 2.45) is 5.41 Å². The van der Waals surface area contributed by atoms with Gasteiger partial charge in [-0.05, 0) is 36.2 Å². The SMILES string of the molecule is CCC1(CNc2snc(N)c2S(C)(=O)=O)CCCC1. The lowest BCUT2D eigenvalue weighted by Gasteiger charge is -2.27. The second kappa shape index (κ2) is 5.28. The first-order valence-corrected chi connectivity index (χ1v) is 9.23. The van der Waals surface area contributed by atoms with Gasteiger partial charge in [0.1, 0.15) is 9.90 Å². The van der Waals surface area contributed by atoms with Gasteiger partial charge in [0, 0.05) is 12.8 Å². The number of hydrogen-bond donors (Lipinski definition) is 2. The van der Waals surface area contributed by atoms with E-state index in [1.807, 2.05) is 0 Å². The highest BCUT2D eigenvalue weighted by atomic mass is 32.2. The zero-order chi connectivity index (χ0) is 14.1. The molecule has 1 saturated carbocycles. The Balaban J connectivity index is 2.17. The summed E-state index contributed by atoms with van der Waals surface area (Å²) in [5.74, 6) is 0.104. The van der Waals surface area contributed by atoms with Crippen LogP contribution in [0.25, 0.3) is 0 Å². The Morgan fingerprint density at radius 1 is 1.42 bits per heavy atom. The molecule has 1 aliphatic carbocycles. The van der Waals surface area contributed by atoms with Crippen molar-refractivity contribution in [2.75, 3.05) is 23.9 Å². The smallest absolute Gasteiger partial charge is 0.182 e. The third-order valence-electron chi connectivity index (χ3n) is 4.08.